The van der Waals surface area contributed by atoms with Gasteiger partial charge in [-0.05, 0) is 43.4 Å². The highest BCUT2D eigenvalue weighted by Gasteiger charge is 2.40. The molecule has 180 valence electrons. The fourth-order valence-corrected chi connectivity index (χ4v) is 6.04. The molecule has 0 bridgehead atoms. The summed E-state index contributed by atoms with van der Waals surface area (Å²) in [5.74, 6) is 0.178. The molecule has 2 saturated heterocycles. The van der Waals surface area contributed by atoms with Gasteiger partial charge in [-0.1, -0.05) is 12.8 Å². The number of fused-ring (bicyclic) bond motifs is 1. The Labute approximate surface area is 202 Å². The van der Waals surface area contributed by atoms with Crippen LogP contribution in [0.2, 0.25) is 0 Å². The molecule has 3 heterocycles. The zero-order valence-corrected chi connectivity index (χ0v) is 20.3. The molecule has 2 aliphatic heterocycles. The molecule has 0 spiro atoms. The Kier molecular flexibility index (Phi) is 6.30. The van der Waals surface area contributed by atoms with Gasteiger partial charge in [0.05, 0.1) is 39.2 Å². The zero-order chi connectivity index (χ0) is 23.9. The molecule has 5 rings (SSSR count). The van der Waals surface area contributed by atoms with Crippen LogP contribution in [-0.2, 0) is 11.0 Å². The van der Waals surface area contributed by atoms with Crippen LogP contribution in [0.5, 0.6) is 0 Å². The molecule has 0 radical (unpaired) electrons. The number of nitriles is 1. The summed E-state index contributed by atoms with van der Waals surface area (Å²) in [5, 5.41) is 10.6. The van der Waals surface area contributed by atoms with Crippen LogP contribution in [0.4, 0.5) is 10.1 Å². The van der Waals surface area contributed by atoms with Gasteiger partial charge in [0.15, 0.2) is 0 Å². The first-order valence-electron chi connectivity index (χ1n) is 12.0. The first-order valence-corrected chi connectivity index (χ1v) is 13.5. The maximum Gasteiger partial charge on any atom is 0.257 e. The maximum absolute atomic E-state index is 14.3. The summed E-state index contributed by atoms with van der Waals surface area (Å²) < 4.78 is 27.9. The lowest BCUT2D eigenvalue weighted by molar-refractivity contribution is 0.0701. The molecular formula is C25H30FN5O2S. The Balaban J connectivity index is 1.46. The molecule has 1 saturated carbocycles. The van der Waals surface area contributed by atoms with Crippen molar-refractivity contribution in [3.05, 3.63) is 35.8 Å². The second kappa shape index (κ2) is 9.23. The number of carbonyl (C=O) groups is 1. The van der Waals surface area contributed by atoms with Gasteiger partial charge in [-0.2, -0.15) is 5.26 Å². The summed E-state index contributed by atoms with van der Waals surface area (Å²) in [4.78, 5) is 22.0. The number of piperazine rings is 1. The number of carbonyl (C=O) groups excluding carboxylic acids is 1. The maximum atomic E-state index is 14.3. The number of amides is 1. The first-order chi connectivity index (χ1) is 16.4. The molecule has 1 unspecified atom stereocenters. The number of hydrogen-bond acceptors (Lipinski definition) is 5. The molecule has 1 atom stereocenters. The van der Waals surface area contributed by atoms with E-state index in [4.69, 9.17) is 0 Å². The Bertz CT molecular complexity index is 1160. The normalized spacial score (nSPS) is 21.9. The molecule has 7 nitrogen and oxygen atoms in total. The Morgan fingerprint density at radius 1 is 1.21 bits per heavy atom. The third-order valence-electron chi connectivity index (χ3n) is 7.57. The third-order valence-corrected chi connectivity index (χ3v) is 8.66. The molecule has 1 aromatic heterocycles. The van der Waals surface area contributed by atoms with Gasteiger partial charge >= 0.3 is 0 Å². The van der Waals surface area contributed by atoms with E-state index in [2.05, 4.69) is 16.0 Å². The number of benzene rings is 1. The minimum Gasteiger partial charge on any atom is -0.370 e. The van der Waals surface area contributed by atoms with Crippen molar-refractivity contribution in [2.75, 3.05) is 50.4 Å². The summed E-state index contributed by atoms with van der Waals surface area (Å²) >= 11 is 0. The van der Waals surface area contributed by atoms with Crippen LogP contribution in [0, 0.1) is 28.5 Å². The number of aromatic nitrogens is 1. The predicted octanol–water partition coefficient (Wildman–Crippen LogP) is 3.34. The fraction of sp³-hybridized carbons (Fsp3) is 0.560. The molecule has 1 aromatic carbocycles. The SMILES string of the molecule is CS(=O)N1CCN(C(=O)c2cnc3ccc(F)cc3c2N2CCC(C#N)(CC3CC3)CC2)CC1. The number of piperidine rings is 1. The van der Waals surface area contributed by atoms with E-state index < -0.39 is 11.0 Å². The average molecular weight is 484 g/mol. The lowest BCUT2D eigenvalue weighted by Gasteiger charge is -2.40. The molecule has 9 heteroatoms. The smallest absolute Gasteiger partial charge is 0.257 e. The molecule has 1 aliphatic carbocycles. The van der Waals surface area contributed by atoms with E-state index >= 15 is 0 Å². The van der Waals surface area contributed by atoms with E-state index in [1.54, 1.807) is 23.4 Å². The van der Waals surface area contributed by atoms with Crippen molar-refractivity contribution in [2.24, 2.45) is 11.3 Å². The second-order valence-electron chi connectivity index (χ2n) is 9.85. The number of nitrogens with zero attached hydrogens (tertiary/aromatic N) is 5. The van der Waals surface area contributed by atoms with E-state index in [0.29, 0.717) is 67.3 Å². The largest absolute Gasteiger partial charge is 0.370 e. The number of hydrogen-bond donors (Lipinski definition) is 0. The van der Waals surface area contributed by atoms with Crippen molar-refractivity contribution in [2.45, 2.75) is 32.1 Å². The Morgan fingerprint density at radius 3 is 2.53 bits per heavy atom. The standard InChI is InChI=1S/C25H30FN5O2S/c1-34(33)31-12-10-30(11-13-31)24(32)21-16-28-22-5-4-19(26)14-20(22)23(21)29-8-6-25(17-27,7-9-29)15-18-2-3-18/h4-5,14,16,18H,2-3,6-13,15H2,1H3. The van der Waals surface area contributed by atoms with Crippen molar-refractivity contribution < 1.29 is 13.4 Å². The highest BCUT2D eigenvalue weighted by molar-refractivity contribution is 7.81. The van der Waals surface area contributed by atoms with Gasteiger partial charge < -0.3 is 9.80 Å². The number of rotatable bonds is 5. The minimum atomic E-state index is -1.06. The molecular weight excluding hydrogens is 453 g/mol. The second-order valence-corrected chi connectivity index (χ2v) is 11.2. The minimum absolute atomic E-state index is 0.134. The highest BCUT2D eigenvalue weighted by Crippen LogP contribution is 2.46. The van der Waals surface area contributed by atoms with Crippen molar-refractivity contribution in [1.29, 1.82) is 5.26 Å². The van der Waals surface area contributed by atoms with Gasteiger partial charge in [0.1, 0.15) is 5.82 Å². The van der Waals surface area contributed by atoms with Crippen LogP contribution in [0.25, 0.3) is 10.9 Å². The quantitative estimate of drug-likeness (QED) is 0.652. The zero-order valence-electron chi connectivity index (χ0n) is 19.5. The lowest BCUT2D eigenvalue weighted by atomic mass is 9.75. The molecule has 3 aliphatic rings. The van der Waals surface area contributed by atoms with Crippen LogP contribution in [0.3, 0.4) is 0 Å². The molecule has 34 heavy (non-hydrogen) atoms. The number of halogens is 1. The summed E-state index contributed by atoms with van der Waals surface area (Å²) in [6.07, 6.45) is 8.15. The average Bonchev–Trinajstić information content (AvgIpc) is 3.67. The summed E-state index contributed by atoms with van der Waals surface area (Å²) in [7, 11) is -1.06. The van der Waals surface area contributed by atoms with Gasteiger partial charge in [-0.25, -0.2) is 12.9 Å². The summed E-state index contributed by atoms with van der Waals surface area (Å²) in [5.41, 5.74) is 1.53. The molecule has 3 fully saturated rings. The Hall–Kier alpha value is -2.57. The first kappa shape index (κ1) is 23.2. The fourth-order valence-electron chi connectivity index (χ4n) is 5.36. The van der Waals surface area contributed by atoms with E-state index in [-0.39, 0.29) is 17.1 Å². The molecule has 1 amide bonds. The van der Waals surface area contributed by atoms with Crippen molar-refractivity contribution >= 4 is 33.5 Å². The van der Waals surface area contributed by atoms with E-state index in [1.807, 2.05) is 4.31 Å². The third kappa shape index (κ3) is 4.53. The highest BCUT2D eigenvalue weighted by atomic mass is 32.2. The van der Waals surface area contributed by atoms with Crippen molar-refractivity contribution in [3.63, 3.8) is 0 Å². The van der Waals surface area contributed by atoms with Gasteiger partial charge in [-0.15, -0.1) is 0 Å². The van der Waals surface area contributed by atoms with Gasteiger partial charge in [0, 0.05) is 57.1 Å². The van der Waals surface area contributed by atoms with Crippen LogP contribution >= 0.6 is 0 Å². The van der Waals surface area contributed by atoms with Crippen molar-refractivity contribution in [1.82, 2.24) is 14.2 Å². The lowest BCUT2D eigenvalue weighted by Crippen LogP contribution is -2.49. The van der Waals surface area contributed by atoms with Crippen molar-refractivity contribution in [3.8, 4) is 6.07 Å². The van der Waals surface area contributed by atoms with Crippen LogP contribution in [0.15, 0.2) is 24.4 Å². The van der Waals surface area contributed by atoms with E-state index in [0.717, 1.165) is 19.3 Å². The summed E-state index contributed by atoms with van der Waals surface area (Å²) in [6, 6.07) is 7.10. The molecule has 0 N–H and O–H groups in total. The van der Waals surface area contributed by atoms with Crippen LogP contribution in [0.1, 0.15) is 42.5 Å². The predicted molar refractivity (Wildman–Crippen MR) is 130 cm³/mol. The van der Waals surface area contributed by atoms with E-state index in [1.165, 1.54) is 25.0 Å². The van der Waals surface area contributed by atoms with Crippen LogP contribution in [-0.4, -0.2) is 69.8 Å². The van der Waals surface area contributed by atoms with Gasteiger partial charge in [-0.3, -0.25) is 9.78 Å². The van der Waals surface area contributed by atoms with Crippen LogP contribution < -0.4 is 4.90 Å². The monoisotopic (exact) mass is 483 g/mol. The number of anilines is 1. The number of pyridine rings is 1. The van der Waals surface area contributed by atoms with Gasteiger partial charge in [0.2, 0.25) is 0 Å². The van der Waals surface area contributed by atoms with Gasteiger partial charge in [0.25, 0.3) is 5.91 Å². The molecule has 2 aromatic rings. The summed E-state index contributed by atoms with van der Waals surface area (Å²) in [6.45, 7) is 3.37. The Morgan fingerprint density at radius 2 is 1.91 bits per heavy atom. The topological polar surface area (TPSA) is 80.5 Å². The van der Waals surface area contributed by atoms with E-state index in [9.17, 15) is 18.7 Å².